The zero-order chi connectivity index (χ0) is 22.7. The van der Waals surface area contributed by atoms with Crippen LogP contribution in [-0.4, -0.2) is 29.8 Å². The van der Waals surface area contributed by atoms with E-state index in [0.29, 0.717) is 35.4 Å². The van der Waals surface area contributed by atoms with E-state index in [1.165, 1.54) is 6.42 Å². The largest absolute Gasteiger partial charge is 0.352 e. The fraction of sp³-hybridized carbons (Fsp3) is 0.630. The second-order valence-electron chi connectivity index (χ2n) is 11.1. The standard InChI is InChI=1S/C27H35ClN2O2/c1-26-14-12-20-18(8-11-23-27(20,2)15-13-24(31)30(23)3)19(26)9-10-21(26)25(32)29-16-17-6-4-5-7-22(17)28/h4-7,13,15,18-21,23H,8-12,14,16H2,1-3H3,(H,29,32)/t18-,19-,20+,21?,23?,26-,27+/m0/s1. The highest BCUT2D eigenvalue weighted by Gasteiger charge is 2.61. The first-order chi connectivity index (χ1) is 15.3. The van der Waals surface area contributed by atoms with E-state index < -0.39 is 0 Å². The normalized spacial score (nSPS) is 40.4. The summed E-state index contributed by atoms with van der Waals surface area (Å²) in [6.45, 7) is 5.24. The summed E-state index contributed by atoms with van der Waals surface area (Å²) in [5, 5.41) is 3.90. The van der Waals surface area contributed by atoms with Crippen molar-refractivity contribution in [3.8, 4) is 0 Å². The van der Waals surface area contributed by atoms with Crippen molar-refractivity contribution in [1.82, 2.24) is 10.2 Å². The van der Waals surface area contributed by atoms with Crippen molar-refractivity contribution in [2.45, 2.75) is 65.0 Å². The van der Waals surface area contributed by atoms with Gasteiger partial charge < -0.3 is 10.2 Å². The summed E-state index contributed by atoms with van der Waals surface area (Å²) in [6.07, 6.45) is 10.6. The summed E-state index contributed by atoms with van der Waals surface area (Å²) in [5.74, 6) is 2.23. The van der Waals surface area contributed by atoms with Crippen LogP contribution in [0.3, 0.4) is 0 Å². The minimum atomic E-state index is 0.0529. The van der Waals surface area contributed by atoms with Crippen LogP contribution in [0.5, 0.6) is 0 Å². The van der Waals surface area contributed by atoms with Crippen molar-refractivity contribution in [2.75, 3.05) is 7.05 Å². The van der Waals surface area contributed by atoms with Crippen molar-refractivity contribution >= 4 is 23.4 Å². The quantitative estimate of drug-likeness (QED) is 0.681. The van der Waals surface area contributed by atoms with Crippen molar-refractivity contribution < 1.29 is 9.59 Å². The zero-order valence-corrected chi connectivity index (χ0v) is 20.2. The molecule has 7 atom stereocenters. The molecule has 0 bridgehead atoms. The molecule has 5 heteroatoms. The Balaban J connectivity index is 1.33. The lowest BCUT2D eigenvalue weighted by Crippen LogP contribution is -2.59. The van der Waals surface area contributed by atoms with Gasteiger partial charge in [-0.05, 0) is 79.4 Å². The van der Waals surface area contributed by atoms with Crippen molar-refractivity contribution in [2.24, 2.45) is 34.5 Å². The van der Waals surface area contributed by atoms with Gasteiger partial charge >= 0.3 is 0 Å². The van der Waals surface area contributed by atoms with Crippen LogP contribution in [0.1, 0.15) is 57.9 Å². The Morgan fingerprint density at radius 2 is 1.91 bits per heavy atom. The molecule has 0 aromatic heterocycles. The number of halogens is 1. The van der Waals surface area contributed by atoms with E-state index in [2.05, 4.69) is 25.2 Å². The lowest BCUT2D eigenvalue weighted by molar-refractivity contribution is -0.142. The molecule has 1 aromatic carbocycles. The van der Waals surface area contributed by atoms with Crippen LogP contribution in [0.4, 0.5) is 0 Å². The molecule has 0 radical (unpaired) electrons. The highest BCUT2D eigenvalue weighted by atomic mass is 35.5. The van der Waals surface area contributed by atoms with Gasteiger partial charge in [-0.25, -0.2) is 0 Å². The topological polar surface area (TPSA) is 49.4 Å². The van der Waals surface area contributed by atoms with E-state index >= 15 is 0 Å². The molecule has 1 heterocycles. The van der Waals surface area contributed by atoms with Crippen LogP contribution in [0, 0.1) is 34.5 Å². The van der Waals surface area contributed by atoms with Crippen LogP contribution in [0.25, 0.3) is 0 Å². The van der Waals surface area contributed by atoms with Gasteiger partial charge in [0.1, 0.15) is 0 Å². The van der Waals surface area contributed by atoms with E-state index in [4.69, 9.17) is 11.6 Å². The Morgan fingerprint density at radius 1 is 1.12 bits per heavy atom. The van der Waals surface area contributed by atoms with E-state index in [1.54, 1.807) is 6.08 Å². The predicted molar refractivity (Wildman–Crippen MR) is 127 cm³/mol. The molecule has 1 aromatic rings. The number of carbonyl (C=O) groups is 2. The van der Waals surface area contributed by atoms with Gasteiger partial charge in [0.15, 0.2) is 0 Å². The minimum Gasteiger partial charge on any atom is -0.352 e. The molecule has 2 amide bonds. The molecule has 1 aliphatic heterocycles. The highest BCUT2D eigenvalue weighted by molar-refractivity contribution is 6.31. The molecule has 5 rings (SSSR count). The third kappa shape index (κ3) is 3.24. The lowest BCUT2D eigenvalue weighted by atomic mass is 9.47. The second-order valence-corrected chi connectivity index (χ2v) is 11.5. The molecule has 0 spiro atoms. The Labute approximate surface area is 196 Å². The lowest BCUT2D eigenvalue weighted by Gasteiger charge is -2.60. The smallest absolute Gasteiger partial charge is 0.246 e. The number of nitrogens with zero attached hydrogens (tertiary/aromatic N) is 1. The predicted octanol–water partition coefficient (Wildman–Crippen LogP) is 5.21. The fourth-order valence-corrected chi connectivity index (χ4v) is 8.32. The molecule has 0 saturated heterocycles. The van der Waals surface area contributed by atoms with Gasteiger partial charge in [0.2, 0.25) is 11.8 Å². The van der Waals surface area contributed by atoms with Gasteiger partial charge in [0.05, 0.1) is 0 Å². The Hall–Kier alpha value is -1.81. The number of carbonyl (C=O) groups excluding carboxylic acids is 2. The van der Waals surface area contributed by atoms with Gasteiger partial charge in [0, 0.05) is 36.0 Å². The number of rotatable bonds is 3. The number of fused-ring (bicyclic) bond motifs is 5. The van der Waals surface area contributed by atoms with Gasteiger partial charge in [-0.1, -0.05) is 49.7 Å². The summed E-state index contributed by atoms with van der Waals surface area (Å²) in [7, 11) is 1.97. The van der Waals surface area contributed by atoms with E-state index in [0.717, 1.165) is 37.7 Å². The zero-order valence-electron chi connectivity index (χ0n) is 19.4. The average Bonchev–Trinajstić information content (AvgIpc) is 3.13. The molecule has 3 aliphatic carbocycles. The Morgan fingerprint density at radius 3 is 2.69 bits per heavy atom. The third-order valence-electron chi connectivity index (χ3n) is 9.86. The Kier molecular flexibility index (Phi) is 5.43. The van der Waals surface area contributed by atoms with Crippen LogP contribution in [0.2, 0.25) is 5.02 Å². The summed E-state index contributed by atoms with van der Waals surface area (Å²) in [4.78, 5) is 27.6. The van der Waals surface area contributed by atoms with E-state index in [-0.39, 0.29) is 28.6 Å². The first-order valence-electron chi connectivity index (χ1n) is 12.2. The van der Waals surface area contributed by atoms with Crippen LogP contribution in [-0.2, 0) is 16.1 Å². The molecule has 1 N–H and O–H groups in total. The number of likely N-dealkylation sites (N-methyl/N-ethyl adjacent to an activating group) is 1. The van der Waals surface area contributed by atoms with E-state index in [1.807, 2.05) is 36.2 Å². The number of nitrogens with one attached hydrogen (secondary N) is 1. The summed E-state index contributed by atoms with van der Waals surface area (Å²) in [6, 6.07) is 8.04. The maximum absolute atomic E-state index is 13.3. The summed E-state index contributed by atoms with van der Waals surface area (Å²) >= 11 is 6.29. The van der Waals surface area contributed by atoms with Crippen molar-refractivity contribution in [1.29, 1.82) is 0 Å². The molecule has 4 nitrogen and oxygen atoms in total. The maximum atomic E-state index is 13.3. The molecular weight excluding hydrogens is 420 g/mol. The molecule has 32 heavy (non-hydrogen) atoms. The van der Waals surface area contributed by atoms with Gasteiger partial charge in [0.25, 0.3) is 0 Å². The highest BCUT2D eigenvalue weighted by Crippen LogP contribution is 2.65. The summed E-state index contributed by atoms with van der Waals surface area (Å²) in [5.41, 5.74) is 1.09. The van der Waals surface area contributed by atoms with Crippen LogP contribution >= 0.6 is 11.6 Å². The van der Waals surface area contributed by atoms with Crippen molar-refractivity contribution in [3.05, 3.63) is 47.0 Å². The first-order valence-corrected chi connectivity index (χ1v) is 12.6. The molecule has 3 saturated carbocycles. The van der Waals surface area contributed by atoms with Gasteiger partial charge in [-0.15, -0.1) is 0 Å². The first kappa shape index (κ1) is 22.0. The number of benzene rings is 1. The fourth-order valence-electron chi connectivity index (χ4n) is 8.12. The molecule has 3 fully saturated rings. The van der Waals surface area contributed by atoms with E-state index in [9.17, 15) is 9.59 Å². The third-order valence-corrected chi connectivity index (χ3v) is 10.2. The molecule has 4 aliphatic rings. The number of hydrogen-bond acceptors (Lipinski definition) is 2. The van der Waals surface area contributed by atoms with Crippen LogP contribution < -0.4 is 5.32 Å². The molecule has 2 unspecified atom stereocenters. The molecular formula is C27H35ClN2O2. The van der Waals surface area contributed by atoms with Gasteiger partial charge in [-0.3, -0.25) is 9.59 Å². The maximum Gasteiger partial charge on any atom is 0.246 e. The average molecular weight is 455 g/mol. The summed E-state index contributed by atoms with van der Waals surface area (Å²) < 4.78 is 0. The molecule has 172 valence electrons. The Bertz CT molecular complexity index is 961. The number of amides is 2. The van der Waals surface area contributed by atoms with Gasteiger partial charge in [-0.2, -0.15) is 0 Å². The number of hydrogen-bond donors (Lipinski definition) is 1. The van der Waals surface area contributed by atoms with Crippen LogP contribution in [0.15, 0.2) is 36.4 Å². The van der Waals surface area contributed by atoms with Crippen molar-refractivity contribution in [3.63, 3.8) is 0 Å². The monoisotopic (exact) mass is 454 g/mol. The second kappa shape index (κ2) is 7.90. The minimum absolute atomic E-state index is 0.0529. The SMILES string of the molecule is CN1C(=O)C=C[C@@]2(C)C1CC[C@@H]1[C@H]2CC[C@]2(C)C(C(=O)NCc3ccccc3Cl)CC[C@@H]12.